The fourth-order valence-corrected chi connectivity index (χ4v) is 1.90. The van der Waals surface area contributed by atoms with Gasteiger partial charge < -0.3 is 14.6 Å². The second-order valence-corrected chi connectivity index (χ2v) is 3.88. The molecule has 0 aromatic carbocycles. The van der Waals surface area contributed by atoms with Gasteiger partial charge in [-0.2, -0.15) is 0 Å². The molecule has 3 rings (SSSR count). The van der Waals surface area contributed by atoms with Crippen molar-refractivity contribution in [2.24, 2.45) is 0 Å². The summed E-state index contributed by atoms with van der Waals surface area (Å²) in [7, 11) is 0. The molecule has 1 N–H and O–H groups in total. The van der Waals surface area contributed by atoms with Crippen molar-refractivity contribution in [2.45, 2.75) is 12.5 Å². The Morgan fingerprint density at radius 3 is 3.12 bits per heavy atom. The van der Waals surface area contributed by atoms with Crippen LogP contribution in [0.15, 0.2) is 12.7 Å². The second kappa shape index (κ2) is 4.19. The fourth-order valence-electron chi connectivity index (χ4n) is 1.72. The molecule has 2 atom stereocenters. The van der Waals surface area contributed by atoms with Gasteiger partial charge >= 0.3 is 0 Å². The van der Waals surface area contributed by atoms with Crippen molar-refractivity contribution in [3.63, 3.8) is 0 Å². The van der Waals surface area contributed by atoms with E-state index in [4.69, 9.17) is 26.2 Å². The SMILES string of the molecule is OC[C@@H]1OC[C@H](n2cnc3c(Cl)ncnc32)O1. The molecule has 1 fully saturated rings. The van der Waals surface area contributed by atoms with Crippen LogP contribution < -0.4 is 0 Å². The minimum absolute atomic E-state index is 0.182. The highest BCUT2D eigenvalue weighted by atomic mass is 35.5. The normalized spacial score (nSPS) is 24.6. The first-order chi connectivity index (χ1) is 8.29. The van der Waals surface area contributed by atoms with Crippen molar-refractivity contribution in [2.75, 3.05) is 13.2 Å². The van der Waals surface area contributed by atoms with Crippen molar-refractivity contribution in [1.82, 2.24) is 19.5 Å². The molecule has 0 saturated carbocycles. The number of nitrogens with zero attached hydrogens (tertiary/aromatic N) is 4. The maximum absolute atomic E-state index is 8.92. The van der Waals surface area contributed by atoms with Gasteiger partial charge in [0.2, 0.25) is 0 Å². The lowest BCUT2D eigenvalue weighted by Gasteiger charge is -2.10. The van der Waals surface area contributed by atoms with Crippen LogP contribution in [0.2, 0.25) is 5.15 Å². The van der Waals surface area contributed by atoms with Crippen molar-refractivity contribution in [3.8, 4) is 0 Å². The van der Waals surface area contributed by atoms with Crippen LogP contribution in [0, 0.1) is 0 Å². The van der Waals surface area contributed by atoms with Crippen molar-refractivity contribution >= 4 is 22.8 Å². The highest BCUT2D eigenvalue weighted by Crippen LogP contribution is 2.25. The van der Waals surface area contributed by atoms with Gasteiger partial charge in [-0.15, -0.1) is 0 Å². The molecule has 8 heteroatoms. The zero-order chi connectivity index (χ0) is 11.8. The van der Waals surface area contributed by atoms with Crippen molar-refractivity contribution in [1.29, 1.82) is 0 Å². The maximum atomic E-state index is 8.92. The Balaban J connectivity index is 1.99. The van der Waals surface area contributed by atoms with Crippen LogP contribution in [0.1, 0.15) is 6.23 Å². The van der Waals surface area contributed by atoms with E-state index < -0.39 is 6.29 Å². The summed E-state index contributed by atoms with van der Waals surface area (Å²) >= 11 is 5.89. The number of aliphatic hydroxyl groups excluding tert-OH is 1. The van der Waals surface area contributed by atoms with Crippen LogP contribution in [-0.2, 0) is 9.47 Å². The summed E-state index contributed by atoms with van der Waals surface area (Å²) in [6.07, 6.45) is 1.97. The lowest BCUT2D eigenvalue weighted by Crippen LogP contribution is -2.15. The van der Waals surface area contributed by atoms with Gasteiger partial charge in [-0.05, 0) is 0 Å². The highest BCUT2D eigenvalue weighted by Gasteiger charge is 2.28. The summed E-state index contributed by atoms with van der Waals surface area (Å²) in [4.78, 5) is 12.1. The highest BCUT2D eigenvalue weighted by molar-refractivity contribution is 6.33. The van der Waals surface area contributed by atoms with Crippen LogP contribution in [0.4, 0.5) is 0 Å². The standard InChI is InChI=1S/C9H9ClN4O3/c10-8-7-9(12-3-11-8)14(4-13-7)5-2-16-6(1-15)17-5/h3-6,15H,1-2H2/t5-,6-/m1/s1. The zero-order valence-electron chi connectivity index (χ0n) is 8.65. The third-order valence-corrected chi connectivity index (χ3v) is 2.78. The molecule has 2 aromatic heterocycles. The quantitative estimate of drug-likeness (QED) is 0.781. The molecule has 7 nitrogen and oxygen atoms in total. The molecule has 90 valence electrons. The Hall–Kier alpha value is -1.28. The first kappa shape index (κ1) is 10.8. The zero-order valence-corrected chi connectivity index (χ0v) is 9.41. The fraction of sp³-hybridized carbons (Fsp3) is 0.444. The van der Waals surface area contributed by atoms with E-state index in [0.29, 0.717) is 22.9 Å². The van der Waals surface area contributed by atoms with E-state index >= 15 is 0 Å². The summed E-state index contributed by atoms with van der Waals surface area (Å²) < 4.78 is 12.4. The largest absolute Gasteiger partial charge is 0.391 e. The molecule has 0 spiro atoms. The Morgan fingerprint density at radius 2 is 2.35 bits per heavy atom. The smallest absolute Gasteiger partial charge is 0.183 e. The molecule has 1 aliphatic rings. The number of halogens is 1. The van der Waals surface area contributed by atoms with Gasteiger partial charge in [-0.3, -0.25) is 4.57 Å². The molecule has 1 saturated heterocycles. The molecular weight excluding hydrogens is 248 g/mol. The van der Waals surface area contributed by atoms with Crippen LogP contribution >= 0.6 is 11.6 Å². The van der Waals surface area contributed by atoms with E-state index in [1.54, 1.807) is 10.9 Å². The van der Waals surface area contributed by atoms with Crippen LogP contribution in [0.5, 0.6) is 0 Å². The molecule has 0 radical (unpaired) electrons. The molecule has 1 aliphatic heterocycles. The number of fused-ring (bicyclic) bond motifs is 1. The third kappa shape index (κ3) is 1.77. The van der Waals surface area contributed by atoms with E-state index in [0.717, 1.165) is 0 Å². The monoisotopic (exact) mass is 256 g/mol. The van der Waals surface area contributed by atoms with Gasteiger partial charge in [0.25, 0.3) is 0 Å². The summed E-state index contributed by atoms with van der Waals surface area (Å²) in [5.74, 6) is 0. The van der Waals surface area contributed by atoms with Crippen LogP contribution in [0.25, 0.3) is 11.2 Å². The molecule has 17 heavy (non-hydrogen) atoms. The first-order valence-electron chi connectivity index (χ1n) is 5.00. The molecule has 0 amide bonds. The molecule has 2 aromatic rings. The maximum Gasteiger partial charge on any atom is 0.183 e. The summed E-state index contributed by atoms with van der Waals surface area (Å²) in [6.45, 7) is 0.150. The number of ether oxygens (including phenoxy) is 2. The van der Waals surface area contributed by atoms with Gasteiger partial charge in [-0.1, -0.05) is 11.6 Å². The Morgan fingerprint density at radius 1 is 1.47 bits per heavy atom. The Labute approximate surface area is 101 Å². The molecular formula is C9H9ClN4O3. The van der Waals surface area contributed by atoms with Crippen LogP contribution in [0.3, 0.4) is 0 Å². The predicted octanol–water partition coefficient (Wildman–Crippen LogP) is 0.343. The Bertz CT molecular complexity index is 546. The average molecular weight is 257 g/mol. The Kier molecular flexibility index (Phi) is 2.67. The number of aromatic nitrogens is 4. The summed E-state index contributed by atoms with van der Waals surface area (Å²) in [6, 6.07) is 0. The lowest BCUT2D eigenvalue weighted by atomic mass is 10.5. The van der Waals surface area contributed by atoms with E-state index in [-0.39, 0.29) is 12.8 Å². The van der Waals surface area contributed by atoms with E-state index in [9.17, 15) is 0 Å². The molecule has 0 aliphatic carbocycles. The lowest BCUT2D eigenvalue weighted by molar-refractivity contribution is -0.0980. The van der Waals surface area contributed by atoms with E-state index in [1.807, 2.05) is 0 Å². The topological polar surface area (TPSA) is 82.3 Å². The first-order valence-corrected chi connectivity index (χ1v) is 5.38. The number of hydrogen-bond acceptors (Lipinski definition) is 6. The van der Waals surface area contributed by atoms with Crippen LogP contribution in [-0.4, -0.2) is 44.1 Å². The number of rotatable bonds is 2. The average Bonchev–Trinajstić information content (AvgIpc) is 2.94. The molecule has 0 bridgehead atoms. The minimum Gasteiger partial charge on any atom is -0.391 e. The van der Waals surface area contributed by atoms with Gasteiger partial charge in [0.1, 0.15) is 11.8 Å². The van der Waals surface area contributed by atoms with Gasteiger partial charge in [0.05, 0.1) is 19.5 Å². The minimum atomic E-state index is -0.602. The van der Waals surface area contributed by atoms with E-state index in [2.05, 4.69) is 15.0 Å². The third-order valence-electron chi connectivity index (χ3n) is 2.51. The van der Waals surface area contributed by atoms with Gasteiger partial charge in [-0.25, -0.2) is 15.0 Å². The summed E-state index contributed by atoms with van der Waals surface area (Å²) in [5, 5.41) is 9.21. The van der Waals surface area contributed by atoms with Crippen molar-refractivity contribution < 1.29 is 14.6 Å². The number of aliphatic hydroxyl groups is 1. The van der Waals surface area contributed by atoms with Gasteiger partial charge in [0, 0.05) is 0 Å². The summed E-state index contributed by atoms with van der Waals surface area (Å²) in [5.41, 5.74) is 1.10. The molecule has 0 unspecified atom stereocenters. The van der Waals surface area contributed by atoms with Gasteiger partial charge in [0.15, 0.2) is 23.3 Å². The van der Waals surface area contributed by atoms with Crippen molar-refractivity contribution in [3.05, 3.63) is 17.8 Å². The second-order valence-electron chi connectivity index (χ2n) is 3.52. The molecule has 3 heterocycles. The predicted molar refractivity (Wildman–Crippen MR) is 57.3 cm³/mol. The van der Waals surface area contributed by atoms with E-state index in [1.165, 1.54) is 6.33 Å². The number of hydrogen-bond donors (Lipinski definition) is 1. The number of imidazole rings is 1.